The number of nitrogens with one attached hydrogen (secondary N) is 1. The van der Waals surface area contributed by atoms with E-state index < -0.39 is 11.7 Å². The molecule has 4 heteroatoms. The molecule has 0 spiro atoms. The van der Waals surface area contributed by atoms with Crippen LogP contribution in [0.1, 0.15) is 44.7 Å². The molecule has 1 nitrogen and oxygen atoms in total. The molecule has 2 atom stereocenters. The van der Waals surface area contributed by atoms with Crippen molar-refractivity contribution < 1.29 is 13.2 Å². The van der Waals surface area contributed by atoms with Crippen LogP contribution in [-0.2, 0) is 12.7 Å². The molecule has 0 saturated heterocycles. The zero-order valence-corrected chi connectivity index (χ0v) is 12.2. The Labute approximate surface area is 118 Å². The van der Waals surface area contributed by atoms with Gasteiger partial charge in [0.25, 0.3) is 0 Å². The first kappa shape index (κ1) is 15.4. The van der Waals surface area contributed by atoms with E-state index in [4.69, 9.17) is 0 Å². The van der Waals surface area contributed by atoms with E-state index in [0.717, 1.165) is 18.9 Å². The van der Waals surface area contributed by atoms with Crippen molar-refractivity contribution in [1.82, 2.24) is 5.32 Å². The summed E-state index contributed by atoms with van der Waals surface area (Å²) in [5.41, 5.74) is 0.0787. The van der Waals surface area contributed by atoms with Crippen molar-refractivity contribution >= 4 is 0 Å². The van der Waals surface area contributed by atoms with Gasteiger partial charge in [0.1, 0.15) is 0 Å². The van der Waals surface area contributed by atoms with Crippen LogP contribution in [0.3, 0.4) is 0 Å². The van der Waals surface area contributed by atoms with Gasteiger partial charge in [0.15, 0.2) is 0 Å². The van der Waals surface area contributed by atoms with E-state index in [1.165, 1.54) is 6.07 Å². The Hall–Kier alpha value is -1.03. The van der Waals surface area contributed by atoms with E-state index in [1.54, 1.807) is 12.1 Å². The zero-order valence-electron chi connectivity index (χ0n) is 12.2. The van der Waals surface area contributed by atoms with Crippen LogP contribution in [0.25, 0.3) is 0 Å². The topological polar surface area (TPSA) is 12.0 Å². The minimum Gasteiger partial charge on any atom is -0.310 e. The van der Waals surface area contributed by atoms with Crippen LogP contribution in [0.4, 0.5) is 13.2 Å². The third-order valence-electron chi connectivity index (χ3n) is 4.21. The van der Waals surface area contributed by atoms with Crippen molar-refractivity contribution in [2.45, 2.75) is 52.4 Å². The highest BCUT2D eigenvalue weighted by molar-refractivity contribution is 5.29. The zero-order chi connectivity index (χ0) is 15.0. The molecule has 0 amide bonds. The second-order valence-corrected chi connectivity index (χ2v) is 6.69. The summed E-state index contributed by atoms with van der Waals surface area (Å²) in [4.78, 5) is 0. The highest BCUT2D eigenvalue weighted by Crippen LogP contribution is 2.41. The maximum Gasteiger partial charge on any atom is 0.416 e. The second kappa shape index (κ2) is 5.40. The minimum absolute atomic E-state index is 0.278. The lowest BCUT2D eigenvalue weighted by molar-refractivity contribution is -0.138. The largest absolute Gasteiger partial charge is 0.416 e. The normalized spacial score (nSPS) is 25.9. The average Bonchev–Trinajstić information content (AvgIpc) is 2.59. The van der Waals surface area contributed by atoms with Gasteiger partial charge < -0.3 is 5.32 Å². The maximum absolute atomic E-state index is 12.9. The highest BCUT2D eigenvalue weighted by Gasteiger charge is 2.37. The van der Waals surface area contributed by atoms with E-state index in [2.05, 4.69) is 26.1 Å². The fourth-order valence-electron chi connectivity index (χ4n) is 3.36. The van der Waals surface area contributed by atoms with Crippen molar-refractivity contribution in [3.63, 3.8) is 0 Å². The monoisotopic (exact) mass is 285 g/mol. The van der Waals surface area contributed by atoms with Gasteiger partial charge in [-0.2, -0.15) is 13.2 Å². The summed E-state index contributed by atoms with van der Waals surface area (Å²) in [5, 5.41) is 3.32. The molecule has 0 aromatic heterocycles. The smallest absolute Gasteiger partial charge is 0.310 e. The number of hydrogen-bond acceptors (Lipinski definition) is 1. The molecule has 0 radical (unpaired) electrons. The molecule has 1 aromatic rings. The lowest BCUT2D eigenvalue weighted by atomic mass is 9.91. The van der Waals surface area contributed by atoms with Gasteiger partial charge in [0.05, 0.1) is 5.56 Å². The summed E-state index contributed by atoms with van der Waals surface area (Å²) < 4.78 is 38.8. The molecule has 2 unspecified atom stereocenters. The van der Waals surface area contributed by atoms with Crippen molar-refractivity contribution in [2.75, 3.05) is 0 Å². The van der Waals surface area contributed by atoms with Gasteiger partial charge in [0, 0.05) is 12.6 Å². The maximum atomic E-state index is 12.9. The first-order valence-corrected chi connectivity index (χ1v) is 7.07. The fraction of sp³-hybridized carbons (Fsp3) is 0.625. The molecule has 1 N–H and O–H groups in total. The van der Waals surface area contributed by atoms with Crippen LogP contribution in [-0.4, -0.2) is 6.04 Å². The molecule has 1 aromatic carbocycles. The molecule has 2 rings (SSSR count). The average molecular weight is 285 g/mol. The predicted molar refractivity (Wildman–Crippen MR) is 74.3 cm³/mol. The molecule has 1 aliphatic carbocycles. The van der Waals surface area contributed by atoms with Gasteiger partial charge in [-0.15, -0.1) is 0 Å². The van der Waals surface area contributed by atoms with Crippen LogP contribution < -0.4 is 5.32 Å². The minimum atomic E-state index is -4.28. The summed E-state index contributed by atoms with van der Waals surface area (Å²) in [7, 11) is 0. The predicted octanol–water partition coefficient (Wildman–Crippen LogP) is 4.62. The lowest BCUT2D eigenvalue weighted by Gasteiger charge is -2.20. The molecule has 20 heavy (non-hydrogen) atoms. The van der Waals surface area contributed by atoms with Crippen molar-refractivity contribution in [3.8, 4) is 0 Å². The third-order valence-corrected chi connectivity index (χ3v) is 4.21. The molecule has 0 heterocycles. The van der Waals surface area contributed by atoms with Gasteiger partial charge in [-0.25, -0.2) is 0 Å². The summed E-state index contributed by atoms with van der Waals surface area (Å²) in [6.07, 6.45) is -2.15. The number of halogens is 3. The highest BCUT2D eigenvalue weighted by atomic mass is 19.4. The van der Waals surface area contributed by atoms with E-state index >= 15 is 0 Å². The molecule has 1 fully saturated rings. The van der Waals surface area contributed by atoms with E-state index in [1.807, 2.05) is 0 Å². The summed E-state index contributed by atoms with van der Waals surface area (Å²) in [5.74, 6) is 0.503. The van der Waals surface area contributed by atoms with E-state index in [-0.39, 0.29) is 12.0 Å². The fourth-order valence-corrected chi connectivity index (χ4v) is 3.36. The molecule has 1 aliphatic rings. The Bertz CT molecular complexity index is 465. The molecular formula is C16H22F3N. The van der Waals surface area contributed by atoms with Crippen LogP contribution in [0.2, 0.25) is 0 Å². The Kier molecular flexibility index (Phi) is 4.14. The van der Waals surface area contributed by atoms with E-state index in [0.29, 0.717) is 17.5 Å². The quantitative estimate of drug-likeness (QED) is 0.854. The van der Waals surface area contributed by atoms with Crippen molar-refractivity contribution in [1.29, 1.82) is 0 Å². The number of benzene rings is 1. The van der Waals surface area contributed by atoms with Gasteiger partial charge in [-0.1, -0.05) is 39.0 Å². The first-order valence-electron chi connectivity index (χ1n) is 7.07. The second-order valence-electron chi connectivity index (χ2n) is 6.69. The standard InChI is InChI=1S/C16H22F3N/c1-11-8-15(2,3)9-14(11)20-10-12-6-4-5-7-13(12)16(17,18)19/h4-7,11,14,20H,8-10H2,1-3H3. The third kappa shape index (κ3) is 3.54. The molecule has 112 valence electrons. The summed E-state index contributed by atoms with van der Waals surface area (Å²) in [6, 6.07) is 6.10. The molecule has 1 saturated carbocycles. The molecule has 0 bridgehead atoms. The van der Waals surface area contributed by atoms with Crippen molar-refractivity contribution in [2.24, 2.45) is 11.3 Å². The van der Waals surface area contributed by atoms with Crippen LogP contribution >= 0.6 is 0 Å². The van der Waals surface area contributed by atoms with Gasteiger partial charge in [0.2, 0.25) is 0 Å². The number of rotatable bonds is 3. The Morgan fingerprint density at radius 2 is 1.85 bits per heavy atom. The number of hydrogen-bond donors (Lipinski definition) is 1. The number of alkyl halides is 3. The molecular weight excluding hydrogens is 263 g/mol. The first-order chi connectivity index (χ1) is 9.19. The van der Waals surface area contributed by atoms with Crippen LogP contribution in [0.15, 0.2) is 24.3 Å². The Morgan fingerprint density at radius 3 is 2.40 bits per heavy atom. The summed E-state index contributed by atoms with van der Waals surface area (Å²) in [6.45, 7) is 6.88. The summed E-state index contributed by atoms with van der Waals surface area (Å²) >= 11 is 0. The van der Waals surface area contributed by atoms with Gasteiger partial charge in [-0.05, 0) is 35.8 Å². The Balaban J connectivity index is 2.05. The van der Waals surface area contributed by atoms with Crippen LogP contribution in [0, 0.1) is 11.3 Å². The van der Waals surface area contributed by atoms with Gasteiger partial charge >= 0.3 is 6.18 Å². The SMILES string of the molecule is CC1CC(C)(C)CC1NCc1ccccc1C(F)(F)F. The van der Waals surface area contributed by atoms with E-state index in [9.17, 15) is 13.2 Å². The van der Waals surface area contributed by atoms with Gasteiger partial charge in [-0.3, -0.25) is 0 Å². The van der Waals surface area contributed by atoms with Crippen molar-refractivity contribution in [3.05, 3.63) is 35.4 Å². The van der Waals surface area contributed by atoms with Crippen LogP contribution in [0.5, 0.6) is 0 Å². The lowest BCUT2D eigenvalue weighted by Crippen LogP contribution is -2.31. The molecule has 0 aliphatic heterocycles. The Morgan fingerprint density at radius 1 is 1.20 bits per heavy atom.